The standard InChI is InChI=1S/C12H16N2O5S/c1-20(18,19)11-4-2-3-10(12(11)14(16)17)13-7-8-5-9(15)6-8/h2-4,8-9,13,15H,5-7H2,1H3. The first-order valence-corrected chi connectivity index (χ1v) is 8.07. The second-order valence-electron chi connectivity index (χ2n) is 5.05. The maximum absolute atomic E-state index is 11.6. The molecular weight excluding hydrogens is 284 g/mol. The summed E-state index contributed by atoms with van der Waals surface area (Å²) in [7, 11) is -3.66. The molecule has 0 heterocycles. The molecule has 1 saturated carbocycles. The zero-order chi connectivity index (χ0) is 14.9. The second-order valence-corrected chi connectivity index (χ2v) is 7.04. The van der Waals surface area contributed by atoms with Gasteiger partial charge in [0.25, 0.3) is 0 Å². The van der Waals surface area contributed by atoms with E-state index in [4.69, 9.17) is 0 Å². The molecule has 0 saturated heterocycles. The lowest BCUT2D eigenvalue weighted by atomic mass is 9.82. The number of anilines is 1. The van der Waals surface area contributed by atoms with E-state index in [0.29, 0.717) is 19.4 Å². The molecule has 110 valence electrons. The van der Waals surface area contributed by atoms with Crippen molar-refractivity contribution in [2.24, 2.45) is 5.92 Å². The van der Waals surface area contributed by atoms with Crippen LogP contribution in [0.3, 0.4) is 0 Å². The van der Waals surface area contributed by atoms with Crippen LogP contribution in [-0.4, -0.2) is 37.4 Å². The van der Waals surface area contributed by atoms with Gasteiger partial charge in [0.05, 0.1) is 11.0 Å². The van der Waals surface area contributed by atoms with Gasteiger partial charge in [-0.05, 0) is 30.9 Å². The molecule has 1 aromatic carbocycles. The largest absolute Gasteiger partial charge is 0.393 e. The van der Waals surface area contributed by atoms with Gasteiger partial charge in [-0.3, -0.25) is 10.1 Å². The molecule has 0 atom stereocenters. The molecule has 1 aliphatic rings. The summed E-state index contributed by atoms with van der Waals surface area (Å²) in [5, 5.41) is 23.2. The van der Waals surface area contributed by atoms with E-state index < -0.39 is 20.4 Å². The molecular formula is C12H16N2O5S. The topological polar surface area (TPSA) is 110 Å². The van der Waals surface area contributed by atoms with Gasteiger partial charge in [0, 0.05) is 12.8 Å². The molecule has 0 aliphatic heterocycles. The Hall–Kier alpha value is -1.67. The molecule has 0 spiro atoms. The molecule has 0 amide bonds. The van der Waals surface area contributed by atoms with Gasteiger partial charge < -0.3 is 10.4 Å². The van der Waals surface area contributed by atoms with E-state index >= 15 is 0 Å². The molecule has 2 N–H and O–H groups in total. The van der Waals surface area contributed by atoms with Crippen LogP contribution in [0.1, 0.15) is 12.8 Å². The molecule has 2 rings (SSSR count). The van der Waals surface area contributed by atoms with Gasteiger partial charge in [-0.25, -0.2) is 8.42 Å². The normalized spacial score (nSPS) is 22.1. The van der Waals surface area contributed by atoms with Crippen LogP contribution in [0.15, 0.2) is 23.1 Å². The lowest BCUT2D eigenvalue weighted by molar-refractivity contribution is -0.386. The van der Waals surface area contributed by atoms with Crippen LogP contribution in [0.25, 0.3) is 0 Å². The van der Waals surface area contributed by atoms with Gasteiger partial charge in [-0.15, -0.1) is 0 Å². The Kier molecular flexibility index (Phi) is 3.96. The summed E-state index contributed by atoms with van der Waals surface area (Å²) in [6.45, 7) is 0.477. The highest BCUT2D eigenvalue weighted by Crippen LogP contribution is 2.33. The van der Waals surface area contributed by atoms with E-state index in [1.54, 1.807) is 0 Å². The van der Waals surface area contributed by atoms with Crippen LogP contribution < -0.4 is 5.32 Å². The van der Waals surface area contributed by atoms with Gasteiger partial charge in [0.1, 0.15) is 10.6 Å². The highest BCUT2D eigenvalue weighted by atomic mass is 32.2. The van der Waals surface area contributed by atoms with E-state index in [0.717, 1.165) is 6.26 Å². The maximum atomic E-state index is 11.6. The summed E-state index contributed by atoms with van der Waals surface area (Å²) in [5.41, 5.74) is -0.228. The van der Waals surface area contributed by atoms with Crippen molar-refractivity contribution in [3.63, 3.8) is 0 Å². The Bertz CT molecular complexity index is 623. The highest BCUT2D eigenvalue weighted by molar-refractivity contribution is 7.90. The first kappa shape index (κ1) is 14.7. The molecule has 20 heavy (non-hydrogen) atoms. The molecule has 0 radical (unpaired) electrons. The number of para-hydroxylation sites is 1. The molecule has 1 fully saturated rings. The van der Waals surface area contributed by atoms with Crippen LogP contribution in [0, 0.1) is 16.0 Å². The van der Waals surface area contributed by atoms with Crippen molar-refractivity contribution < 1.29 is 18.4 Å². The lowest BCUT2D eigenvalue weighted by Crippen LogP contribution is -2.33. The van der Waals surface area contributed by atoms with Crippen molar-refractivity contribution in [1.29, 1.82) is 0 Å². The number of hydrogen-bond donors (Lipinski definition) is 2. The summed E-state index contributed by atoms with van der Waals surface area (Å²) < 4.78 is 23.2. The summed E-state index contributed by atoms with van der Waals surface area (Å²) >= 11 is 0. The van der Waals surface area contributed by atoms with Crippen molar-refractivity contribution in [2.75, 3.05) is 18.1 Å². The number of rotatable bonds is 5. The predicted octanol–water partition coefficient (Wildman–Crippen LogP) is 1.18. The minimum atomic E-state index is -3.66. The smallest absolute Gasteiger partial charge is 0.310 e. The third-order valence-corrected chi connectivity index (χ3v) is 4.50. The Labute approximate surface area is 116 Å². The molecule has 0 bridgehead atoms. The lowest BCUT2D eigenvalue weighted by Gasteiger charge is -2.31. The zero-order valence-electron chi connectivity index (χ0n) is 10.9. The minimum absolute atomic E-state index is 0.194. The van der Waals surface area contributed by atoms with Crippen LogP contribution in [0.4, 0.5) is 11.4 Å². The van der Waals surface area contributed by atoms with E-state index in [2.05, 4.69) is 5.32 Å². The van der Waals surface area contributed by atoms with E-state index in [1.807, 2.05) is 0 Å². The van der Waals surface area contributed by atoms with Crippen molar-refractivity contribution >= 4 is 21.2 Å². The number of aliphatic hydroxyl groups is 1. The molecule has 1 aromatic rings. The van der Waals surface area contributed by atoms with Gasteiger partial charge in [0.2, 0.25) is 0 Å². The fourth-order valence-corrected chi connectivity index (χ4v) is 3.14. The summed E-state index contributed by atoms with van der Waals surface area (Å²) in [6, 6.07) is 4.19. The van der Waals surface area contributed by atoms with Crippen molar-refractivity contribution in [3.05, 3.63) is 28.3 Å². The van der Waals surface area contributed by atoms with Crippen molar-refractivity contribution in [3.8, 4) is 0 Å². The number of nitro benzene ring substituents is 1. The fourth-order valence-electron chi connectivity index (χ4n) is 2.27. The van der Waals surface area contributed by atoms with Crippen molar-refractivity contribution in [2.45, 2.75) is 23.8 Å². The third-order valence-electron chi connectivity index (χ3n) is 3.37. The number of nitro groups is 1. The number of sulfone groups is 1. The van der Waals surface area contributed by atoms with Gasteiger partial charge in [-0.1, -0.05) is 6.07 Å². The zero-order valence-corrected chi connectivity index (χ0v) is 11.8. The SMILES string of the molecule is CS(=O)(=O)c1cccc(NCC2CC(O)C2)c1[N+](=O)[O-]. The Morgan fingerprint density at radius 2 is 2.10 bits per heavy atom. The number of hydrogen-bond acceptors (Lipinski definition) is 6. The average molecular weight is 300 g/mol. The van der Waals surface area contributed by atoms with Crippen LogP contribution in [0.5, 0.6) is 0 Å². The van der Waals surface area contributed by atoms with E-state index in [9.17, 15) is 23.6 Å². The predicted molar refractivity (Wildman–Crippen MR) is 73.4 cm³/mol. The molecule has 0 unspecified atom stereocenters. The molecule has 8 heteroatoms. The Morgan fingerprint density at radius 1 is 1.45 bits per heavy atom. The quantitative estimate of drug-likeness (QED) is 0.624. The number of nitrogens with zero attached hydrogens (tertiary/aromatic N) is 1. The number of aliphatic hydroxyl groups excluding tert-OH is 1. The van der Waals surface area contributed by atoms with E-state index in [1.165, 1.54) is 18.2 Å². The first-order chi connectivity index (χ1) is 9.29. The molecule has 7 nitrogen and oxygen atoms in total. The first-order valence-electron chi connectivity index (χ1n) is 6.18. The highest BCUT2D eigenvalue weighted by Gasteiger charge is 2.29. The Morgan fingerprint density at radius 3 is 2.60 bits per heavy atom. The van der Waals surface area contributed by atoms with Gasteiger partial charge in [-0.2, -0.15) is 0 Å². The summed E-state index contributed by atoms with van der Waals surface area (Å²) in [4.78, 5) is 10.2. The molecule has 1 aliphatic carbocycles. The van der Waals surface area contributed by atoms with Crippen LogP contribution in [-0.2, 0) is 9.84 Å². The molecule has 0 aromatic heterocycles. The van der Waals surface area contributed by atoms with Gasteiger partial charge >= 0.3 is 5.69 Å². The average Bonchev–Trinajstić information content (AvgIpc) is 2.31. The van der Waals surface area contributed by atoms with Crippen molar-refractivity contribution in [1.82, 2.24) is 0 Å². The number of benzene rings is 1. The summed E-state index contributed by atoms with van der Waals surface area (Å²) in [6.07, 6.45) is 1.97. The minimum Gasteiger partial charge on any atom is -0.393 e. The van der Waals surface area contributed by atoms with Crippen LogP contribution >= 0.6 is 0 Å². The third kappa shape index (κ3) is 3.07. The van der Waals surface area contributed by atoms with Gasteiger partial charge in [0.15, 0.2) is 9.84 Å². The fraction of sp³-hybridized carbons (Fsp3) is 0.500. The Balaban J connectivity index is 2.26. The number of nitrogens with one attached hydrogen (secondary N) is 1. The monoisotopic (exact) mass is 300 g/mol. The van der Waals surface area contributed by atoms with Crippen LogP contribution in [0.2, 0.25) is 0 Å². The maximum Gasteiger partial charge on any atom is 0.310 e. The second kappa shape index (κ2) is 5.37. The summed E-state index contributed by atoms with van der Waals surface area (Å²) in [5.74, 6) is 0.256. The van der Waals surface area contributed by atoms with E-state index in [-0.39, 0.29) is 22.6 Å².